The number of nitrogens with one attached hydrogen (secondary N) is 1. The molecule has 0 aliphatic carbocycles. The molecule has 1 aliphatic rings. The van der Waals surface area contributed by atoms with Crippen LogP contribution in [0.25, 0.3) is 0 Å². The summed E-state index contributed by atoms with van der Waals surface area (Å²) in [6, 6.07) is 4.85. The topological polar surface area (TPSA) is 32.3 Å². The van der Waals surface area contributed by atoms with E-state index < -0.39 is 5.82 Å². The third kappa shape index (κ3) is 2.90. The zero-order chi connectivity index (χ0) is 13.1. The van der Waals surface area contributed by atoms with Crippen molar-refractivity contribution >= 4 is 21.8 Å². The molecule has 3 nitrogen and oxygen atoms in total. The van der Waals surface area contributed by atoms with Gasteiger partial charge in [0, 0.05) is 24.7 Å². The Balaban J connectivity index is 2.12. The van der Waals surface area contributed by atoms with Crippen molar-refractivity contribution in [2.24, 2.45) is 0 Å². The first-order valence-corrected chi connectivity index (χ1v) is 6.82. The quantitative estimate of drug-likeness (QED) is 0.909. The Hall–Kier alpha value is -0.940. The van der Waals surface area contributed by atoms with E-state index in [-0.39, 0.29) is 5.91 Å². The van der Waals surface area contributed by atoms with Crippen LogP contribution in [0, 0.1) is 5.82 Å². The van der Waals surface area contributed by atoms with Gasteiger partial charge in [-0.05, 0) is 54.0 Å². The van der Waals surface area contributed by atoms with E-state index in [1.165, 1.54) is 6.07 Å². The molecule has 0 aromatic heterocycles. The summed E-state index contributed by atoms with van der Waals surface area (Å²) in [4.78, 5) is 14.0. The van der Waals surface area contributed by atoms with E-state index in [0.717, 1.165) is 19.4 Å². The molecule has 1 amide bonds. The largest absolute Gasteiger partial charge is 0.337 e. The van der Waals surface area contributed by atoms with Gasteiger partial charge in [0.1, 0.15) is 5.82 Å². The Kier molecular flexibility index (Phi) is 4.35. The summed E-state index contributed by atoms with van der Waals surface area (Å²) in [5.74, 6) is -0.496. The first-order valence-electron chi connectivity index (χ1n) is 6.03. The third-order valence-corrected chi connectivity index (χ3v) is 3.93. The molecular weight excluding hydrogens is 299 g/mol. The molecule has 18 heavy (non-hydrogen) atoms. The molecule has 1 saturated heterocycles. The first kappa shape index (κ1) is 13.5. The van der Waals surface area contributed by atoms with Gasteiger partial charge in [-0.15, -0.1) is 0 Å². The predicted molar refractivity (Wildman–Crippen MR) is 72.1 cm³/mol. The first-order chi connectivity index (χ1) is 8.61. The van der Waals surface area contributed by atoms with Crippen LogP contribution in [-0.4, -0.2) is 37.0 Å². The van der Waals surface area contributed by atoms with Crippen molar-refractivity contribution < 1.29 is 9.18 Å². The van der Waals surface area contributed by atoms with Crippen molar-refractivity contribution in [3.05, 3.63) is 34.1 Å². The molecule has 1 aliphatic heterocycles. The maximum absolute atomic E-state index is 13.4. The minimum atomic E-state index is -0.400. The summed E-state index contributed by atoms with van der Waals surface area (Å²) in [6.07, 6.45) is 2.06. The maximum Gasteiger partial charge on any atom is 0.254 e. The normalized spacial score (nSPS) is 19.9. The molecule has 5 heteroatoms. The van der Waals surface area contributed by atoms with Crippen LogP contribution in [0.4, 0.5) is 4.39 Å². The van der Waals surface area contributed by atoms with Crippen molar-refractivity contribution in [2.75, 3.05) is 20.1 Å². The molecule has 1 fully saturated rings. The third-order valence-electron chi connectivity index (χ3n) is 3.28. The van der Waals surface area contributed by atoms with Gasteiger partial charge in [0.2, 0.25) is 0 Å². The van der Waals surface area contributed by atoms with Crippen molar-refractivity contribution in [1.82, 2.24) is 10.2 Å². The van der Waals surface area contributed by atoms with E-state index in [0.29, 0.717) is 22.6 Å². The number of likely N-dealkylation sites (N-methyl/N-ethyl adjacent to an activating group) is 1. The van der Waals surface area contributed by atoms with Crippen molar-refractivity contribution in [3.63, 3.8) is 0 Å². The number of nitrogens with zero attached hydrogens (tertiary/aromatic N) is 1. The number of hydrogen-bond acceptors (Lipinski definition) is 2. The lowest BCUT2D eigenvalue weighted by molar-refractivity contribution is 0.0697. The standard InChI is InChI=1S/C13H16BrFN2O/c1-16-10-3-2-6-17(8-10)13(18)9-4-5-11(14)12(15)7-9/h4-5,7,10,16H,2-3,6,8H2,1H3/t10-/m0/s1. The molecule has 1 atom stereocenters. The van der Waals surface area contributed by atoms with Gasteiger partial charge >= 0.3 is 0 Å². The van der Waals surface area contributed by atoms with Crippen LogP contribution in [0.1, 0.15) is 23.2 Å². The van der Waals surface area contributed by atoms with Crippen LogP contribution in [0.2, 0.25) is 0 Å². The maximum atomic E-state index is 13.4. The smallest absolute Gasteiger partial charge is 0.254 e. The Labute approximate surface area is 114 Å². The summed E-state index contributed by atoms with van der Waals surface area (Å²) in [5, 5.41) is 3.19. The van der Waals surface area contributed by atoms with Gasteiger partial charge in [-0.1, -0.05) is 0 Å². The van der Waals surface area contributed by atoms with Crippen LogP contribution in [0.5, 0.6) is 0 Å². The molecular formula is C13H16BrFN2O. The zero-order valence-electron chi connectivity index (χ0n) is 10.2. The highest BCUT2D eigenvalue weighted by Gasteiger charge is 2.23. The fraction of sp³-hybridized carbons (Fsp3) is 0.462. The highest BCUT2D eigenvalue weighted by atomic mass is 79.9. The summed E-state index contributed by atoms with van der Waals surface area (Å²) in [5.41, 5.74) is 0.410. The molecule has 0 saturated carbocycles. The number of amides is 1. The second-order valence-corrected chi connectivity index (χ2v) is 5.36. The summed E-state index contributed by atoms with van der Waals surface area (Å²) in [7, 11) is 1.90. The molecule has 0 bridgehead atoms. The van der Waals surface area contributed by atoms with Gasteiger partial charge in [-0.2, -0.15) is 0 Å². The molecule has 2 rings (SSSR count). The molecule has 1 aromatic carbocycles. The van der Waals surface area contributed by atoms with Gasteiger partial charge in [0.15, 0.2) is 0 Å². The number of halogens is 2. The number of piperidine rings is 1. The van der Waals surface area contributed by atoms with Gasteiger partial charge < -0.3 is 10.2 Å². The van der Waals surface area contributed by atoms with Gasteiger partial charge in [0.05, 0.1) is 4.47 Å². The summed E-state index contributed by atoms with van der Waals surface area (Å²) in [6.45, 7) is 1.43. The molecule has 98 valence electrons. The Bertz CT molecular complexity index is 453. The Morgan fingerprint density at radius 3 is 3.00 bits per heavy atom. The molecule has 0 radical (unpaired) electrons. The van der Waals surface area contributed by atoms with E-state index >= 15 is 0 Å². The lowest BCUT2D eigenvalue weighted by Crippen LogP contribution is -2.46. The Morgan fingerprint density at radius 2 is 2.33 bits per heavy atom. The monoisotopic (exact) mass is 314 g/mol. The van der Waals surface area contributed by atoms with Crippen LogP contribution in [0.15, 0.2) is 22.7 Å². The average molecular weight is 315 g/mol. The molecule has 0 spiro atoms. The second-order valence-electron chi connectivity index (χ2n) is 4.51. The van der Waals surface area contributed by atoms with E-state index in [1.54, 1.807) is 17.0 Å². The highest BCUT2D eigenvalue weighted by Crippen LogP contribution is 2.19. The fourth-order valence-corrected chi connectivity index (χ4v) is 2.46. The number of likely N-dealkylation sites (tertiary alicyclic amines) is 1. The minimum absolute atomic E-state index is 0.0960. The molecule has 1 N–H and O–H groups in total. The minimum Gasteiger partial charge on any atom is -0.337 e. The van der Waals surface area contributed by atoms with Crippen molar-refractivity contribution in [3.8, 4) is 0 Å². The lowest BCUT2D eigenvalue weighted by Gasteiger charge is -2.32. The van der Waals surface area contributed by atoms with Crippen LogP contribution in [-0.2, 0) is 0 Å². The molecule has 1 aromatic rings. The molecule has 1 heterocycles. The van der Waals surface area contributed by atoms with Gasteiger partial charge in [0.25, 0.3) is 5.91 Å². The van der Waals surface area contributed by atoms with Gasteiger partial charge in [-0.3, -0.25) is 4.79 Å². The van der Waals surface area contributed by atoms with Crippen molar-refractivity contribution in [1.29, 1.82) is 0 Å². The van der Waals surface area contributed by atoms with Crippen LogP contribution >= 0.6 is 15.9 Å². The average Bonchev–Trinajstić information content (AvgIpc) is 2.41. The van der Waals surface area contributed by atoms with Crippen LogP contribution in [0.3, 0.4) is 0 Å². The predicted octanol–water partition coefficient (Wildman–Crippen LogP) is 2.41. The zero-order valence-corrected chi connectivity index (χ0v) is 11.8. The molecule has 0 unspecified atom stereocenters. The number of carbonyl (C=O) groups excluding carboxylic acids is 1. The number of carbonyl (C=O) groups is 1. The number of benzene rings is 1. The summed E-state index contributed by atoms with van der Waals surface area (Å²) >= 11 is 3.09. The second kappa shape index (κ2) is 5.80. The SMILES string of the molecule is CN[C@H]1CCCN(C(=O)c2ccc(Br)c(F)c2)C1. The van der Waals surface area contributed by atoms with Gasteiger partial charge in [-0.25, -0.2) is 4.39 Å². The Morgan fingerprint density at radius 1 is 1.56 bits per heavy atom. The van der Waals surface area contributed by atoms with E-state index in [2.05, 4.69) is 21.2 Å². The number of hydrogen-bond donors (Lipinski definition) is 1. The van der Waals surface area contributed by atoms with E-state index in [4.69, 9.17) is 0 Å². The fourth-order valence-electron chi connectivity index (χ4n) is 2.21. The van der Waals surface area contributed by atoms with E-state index in [1.807, 2.05) is 7.05 Å². The number of rotatable bonds is 2. The van der Waals surface area contributed by atoms with E-state index in [9.17, 15) is 9.18 Å². The summed E-state index contributed by atoms with van der Waals surface area (Å²) < 4.78 is 13.8. The van der Waals surface area contributed by atoms with Crippen molar-refractivity contribution in [2.45, 2.75) is 18.9 Å². The van der Waals surface area contributed by atoms with Crippen LogP contribution < -0.4 is 5.32 Å². The highest BCUT2D eigenvalue weighted by molar-refractivity contribution is 9.10. The lowest BCUT2D eigenvalue weighted by atomic mass is 10.0.